The second-order valence-corrected chi connectivity index (χ2v) is 5.96. The molecule has 0 aliphatic heterocycles. The molecule has 0 saturated carbocycles. The number of nitrogens with two attached hydrogens (primary N) is 1. The van der Waals surface area contributed by atoms with Gasteiger partial charge in [-0.15, -0.1) is 0 Å². The second-order valence-electron chi connectivity index (χ2n) is 4.36. The summed E-state index contributed by atoms with van der Waals surface area (Å²) in [5.74, 6) is 5.67. The van der Waals surface area contributed by atoms with Crippen molar-refractivity contribution < 1.29 is 8.42 Å². The molecule has 9 heteroatoms. The number of hydrogen-bond donors (Lipinski definition) is 3. The highest BCUT2D eigenvalue weighted by Crippen LogP contribution is 2.21. The average Bonchev–Trinajstić information content (AvgIpc) is 2.86. The highest BCUT2D eigenvalue weighted by atomic mass is 32.2. The van der Waals surface area contributed by atoms with Crippen molar-refractivity contribution in [2.24, 2.45) is 5.84 Å². The summed E-state index contributed by atoms with van der Waals surface area (Å²) in [7, 11) is -3.85. The Morgan fingerprint density at radius 3 is 2.70 bits per heavy atom. The molecule has 0 atom stereocenters. The van der Waals surface area contributed by atoms with Crippen molar-refractivity contribution in [1.82, 2.24) is 14.8 Å². The lowest BCUT2D eigenvalue weighted by molar-refractivity contribution is 0.539. The smallest absolute Gasteiger partial charge is 0.282 e. The zero-order chi connectivity index (χ0) is 14.8. The van der Waals surface area contributed by atoms with Gasteiger partial charge in [-0.2, -0.15) is 13.5 Å². The number of nitrogens with zero attached hydrogens (tertiary/aromatic N) is 3. The SMILES string of the molecule is CC(C)n1nccc1NS(=O)(=O)c1ncccc1NN. The molecule has 0 amide bonds. The van der Waals surface area contributed by atoms with Crippen LogP contribution in [0.25, 0.3) is 0 Å². The van der Waals surface area contributed by atoms with E-state index in [1.807, 2.05) is 13.8 Å². The van der Waals surface area contributed by atoms with Crippen molar-refractivity contribution in [2.75, 3.05) is 10.1 Å². The number of nitrogens with one attached hydrogen (secondary N) is 2. The van der Waals surface area contributed by atoms with Gasteiger partial charge in [0.25, 0.3) is 10.0 Å². The molecule has 0 spiro atoms. The van der Waals surface area contributed by atoms with E-state index in [2.05, 4.69) is 20.2 Å². The summed E-state index contributed by atoms with van der Waals surface area (Å²) in [4.78, 5) is 3.85. The fraction of sp³-hybridized carbons (Fsp3) is 0.273. The predicted molar refractivity (Wildman–Crippen MR) is 75.5 cm³/mol. The van der Waals surface area contributed by atoms with Gasteiger partial charge in [0.05, 0.1) is 11.9 Å². The van der Waals surface area contributed by atoms with Crippen LogP contribution in [0.1, 0.15) is 19.9 Å². The average molecular weight is 296 g/mol. The third kappa shape index (κ3) is 2.73. The fourth-order valence-corrected chi connectivity index (χ4v) is 2.86. The van der Waals surface area contributed by atoms with E-state index < -0.39 is 10.0 Å². The largest absolute Gasteiger partial charge is 0.321 e. The number of hydrazine groups is 1. The monoisotopic (exact) mass is 296 g/mol. The van der Waals surface area contributed by atoms with Crippen LogP contribution < -0.4 is 16.0 Å². The predicted octanol–water partition coefficient (Wildman–Crippen LogP) is 0.945. The number of pyridine rings is 1. The van der Waals surface area contributed by atoms with Gasteiger partial charge in [-0.1, -0.05) is 0 Å². The summed E-state index contributed by atoms with van der Waals surface area (Å²) in [5, 5.41) is 3.90. The number of sulfonamides is 1. The molecular weight excluding hydrogens is 280 g/mol. The maximum atomic E-state index is 12.3. The van der Waals surface area contributed by atoms with Crippen LogP contribution in [0.2, 0.25) is 0 Å². The molecule has 108 valence electrons. The van der Waals surface area contributed by atoms with E-state index in [-0.39, 0.29) is 16.8 Å². The van der Waals surface area contributed by atoms with Gasteiger partial charge in [0.15, 0.2) is 0 Å². The summed E-state index contributed by atoms with van der Waals surface area (Å²) >= 11 is 0. The van der Waals surface area contributed by atoms with Gasteiger partial charge in [-0.3, -0.25) is 10.6 Å². The van der Waals surface area contributed by atoms with Crippen molar-refractivity contribution in [3.05, 3.63) is 30.6 Å². The number of aromatic nitrogens is 3. The van der Waals surface area contributed by atoms with E-state index in [9.17, 15) is 8.42 Å². The molecule has 0 aromatic carbocycles. The van der Waals surface area contributed by atoms with E-state index in [4.69, 9.17) is 5.84 Å². The van der Waals surface area contributed by atoms with Crippen molar-refractivity contribution >= 4 is 21.5 Å². The Bertz CT molecular complexity index is 694. The molecule has 0 fully saturated rings. The Morgan fingerprint density at radius 1 is 1.30 bits per heavy atom. The number of nitrogen functional groups attached to an aromatic ring is 1. The highest BCUT2D eigenvalue weighted by Gasteiger charge is 2.22. The lowest BCUT2D eigenvalue weighted by atomic mass is 10.4. The van der Waals surface area contributed by atoms with Gasteiger partial charge in [0.2, 0.25) is 5.03 Å². The molecular formula is C11H16N6O2S. The molecule has 2 aromatic rings. The molecule has 0 unspecified atom stereocenters. The summed E-state index contributed by atoms with van der Waals surface area (Å²) in [6.07, 6.45) is 2.91. The lowest BCUT2D eigenvalue weighted by Gasteiger charge is -2.14. The highest BCUT2D eigenvalue weighted by molar-refractivity contribution is 7.92. The second kappa shape index (κ2) is 5.47. The Kier molecular flexibility index (Phi) is 3.91. The number of anilines is 2. The minimum Gasteiger partial charge on any atom is -0.321 e. The molecule has 2 heterocycles. The first-order valence-corrected chi connectivity index (χ1v) is 7.42. The summed E-state index contributed by atoms with van der Waals surface area (Å²) in [6.45, 7) is 3.80. The molecule has 20 heavy (non-hydrogen) atoms. The molecule has 2 aromatic heterocycles. The van der Waals surface area contributed by atoms with Crippen LogP contribution >= 0.6 is 0 Å². The first-order valence-electron chi connectivity index (χ1n) is 5.93. The van der Waals surface area contributed by atoms with Crippen LogP contribution in [-0.4, -0.2) is 23.2 Å². The minimum atomic E-state index is -3.85. The summed E-state index contributed by atoms with van der Waals surface area (Å²) in [6, 6.07) is 4.72. The fourth-order valence-electron chi connectivity index (χ4n) is 1.71. The van der Waals surface area contributed by atoms with Gasteiger partial charge in [-0.05, 0) is 26.0 Å². The molecule has 0 radical (unpaired) electrons. The van der Waals surface area contributed by atoms with Gasteiger partial charge in [0.1, 0.15) is 5.82 Å². The number of hydrogen-bond acceptors (Lipinski definition) is 6. The lowest BCUT2D eigenvalue weighted by Crippen LogP contribution is -2.21. The Hall–Kier alpha value is -2.13. The third-order valence-electron chi connectivity index (χ3n) is 2.58. The van der Waals surface area contributed by atoms with E-state index in [0.29, 0.717) is 5.82 Å². The van der Waals surface area contributed by atoms with E-state index in [0.717, 1.165) is 0 Å². The first kappa shape index (κ1) is 14.3. The zero-order valence-electron chi connectivity index (χ0n) is 11.1. The van der Waals surface area contributed by atoms with Crippen LogP contribution in [-0.2, 0) is 10.0 Å². The zero-order valence-corrected chi connectivity index (χ0v) is 11.9. The van der Waals surface area contributed by atoms with Crippen LogP contribution in [0.5, 0.6) is 0 Å². The maximum Gasteiger partial charge on any atom is 0.282 e. The molecule has 8 nitrogen and oxygen atoms in total. The summed E-state index contributed by atoms with van der Waals surface area (Å²) < 4.78 is 28.7. The Morgan fingerprint density at radius 2 is 2.05 bits per heavy atom. The van der Waals surface area contributed by atoms with E-state index >= 15 is 0 Å². The van der Waals surface area contributed by atoms with Gasteiger partial charge in [0, 0.05) is 18.3 Å². The topological polar surface area (TPSA) is 115 Å². The van der Waals surface area contributed by atoms with Crippen molar-refractivity contribution in [2.45, 2.75) is 24.9 Å². The number of rotatable bonds is 5. The standard InChI is InChI=1S/C11H16N6O2S/c1-8(2)17-10(5-7-14-17)16-20(18,19)11-9(15-12)4-3-6-13-11/h3-8,15-16H,12H2,1-2H3. The molecule has 0 bridgehead atoms. The van der Waals surface area contributed by atoms with Crippen molar-refractivity contribution in [3.63, 3.8) is 0 Å². The van der Waals surface area contributed by atoms with E-state index in [1.54, 1.807) is 16.8 Å². The van der Waals surface area contributed by atoms with Crippen LogP contribution in [0.15, 0.2) is 35.6 Å². The van der Waals surface area contributed by atoms with Crippen molar-refractivity contribution in [1.29, 1.82) is 0 Å². The summed E-state index contributed by atoms with van der Waals surface area (Å²) in [5.41, 5.74) is 2.53. The molecule has 0 saturated heterocycles. The van der Waals surface area contributed by atoms with Crippen LogP contribution in [0, 0.1) is 0 Å². The third-order valence-corrected chi connectivity index (χ3v) is 3.89. The van der Waals surface area contributed by atoms with E-state index in [1.165, 1.54) is 18.5 Å². The Balaban J connectivity index is 2.39. The Labute approximate surface area is 117 Å². The van der Waals surface area contributed by atoms with Crippen LogP contribution in [0.4, 0.5) is 11.5 Å². The normalized spacial score (nSPS) is 11.6. The molecule has 4 N–H and O–H groups in total. The van der Waals surface area contributed by atoms with Crippen molar-refractivity contribution in [3.8, 4) is 0 Å². The van der Waals surface area contributed by atoms with Gasteiger partial charge < -0.3 is 5.43 Å². The molecule has 0 aliphatic carbocycles. The van der Waals surface area contributed by atoms with Crippen LogP contribution in [0.3, 0.4) is 0 Å². The quantitative estimate of drug-likeness (QED) is 0.559. The molecule has 0 aliphatic rings. The van der Waals surface area contributed by atoms with Gasteiger partial charge in [-0.25, -0.2) is 9.67 Å². The molecule has 2 rings (SSSR count). The first-order chi connectivity index (χ1) is 9.45. The minimum absolute atomic E-state index is 0.0264. The van der Waals surface area contributed by atoms with Gasteiger partial charge >= 0.3 is 0 Å². The maximum absolute atomic E-state index is 12.3.